The van der Waals surface area contributed by atoms with Gasteiger partial charge in [-0.25, -0.2) is 14.6 Å². The highest BCUT2D eigenvalue weighted by Crippen LogP contribution is 2.30. The fourth-order valence-electron chi connectivity index (χ4n) is 4.45. The predicted octanol–water partition coefficient (Wildman–Crippen LogP) is 5.35. The van der Waals surface area contributed by atoms with Crippen molar-refractivity contribution in [2.45, 2.75) is 26.7 Å². The molecule has 7 nitrogen and oxygen atoms in total. The van der Waals surface area contributed by atoms with Crippen molar-refractivity contribution in [3.8, 4) is 5.69 Å². The van der Waals surface area contributed by atoms with Crippen LogP contribution in [0.1, 0.15) is 35.2 Å². The van der Waals surface area contributed by atoms with Gasteiger partial charge in [-0.15, -0.1) is 0 Å². The van der Waals surface area contributed by atoms with Gasteiger partial charge in [0.15, 0.2) is 5.65 Å². The number of aromatic nitrogens is 4. The fraction of sp³-hybridized carbons (Fsp3) is 0.308. The first-order valence-electron chi connectivity index (χ1n) is 11.8. The number of nitrogens with zero attached hydrogens (tertiary/aromatic N) is 6. The molecule has 35 heavy (non-hydrogen) atoms. The van der Waals surface area contributed by atoms with Crippen molar-refractivity contribution in [1.29, 1.82) is 0 Å². The number of amides is 1. The molecule has 2 aromatic heterocycles. The Morgan fingerprint density at radius 3 is 2.40 bits per heavy atom. The van der Waals surface area contributed by atoms with E-state index in [4.69, 9.17) is 38.3 Å². The molecule has 0 bridgehead atoms. The second kappa shape index (κ2) is 9.84. The third-order valence-electron chi connectivity index (χ3n) is 6.24. The zero-order chi connectivity index (χ0) is 24.5. The molecule has 1 saturated heterocycles. The van der Waals surface area contributed by atoms with Gasteiger partial charge in [-0.3, -0.25) is 4.79 Å². The topological polar surface area (TPSA) is 67.2 Å². The molecular formula is C26H26Cl2N6O. The summed E-state index contributed by atoms with van der Waals surface area (Å²) < 4.78 is 1.90. The summed E-state index contributed by atoms with van der Waals surface area (Å²) in [6.45, 7) is 6.62. The van der Waals surface area contributed by atoms with Gasteiger partial charge in [0.25, 0.3) is 5.91 Å². The third-order valence-corrected chi connectivity index (χ3v) is 6.98. The summed E-state index contributed by atoms with van der Waals surface area (Å²) in [5.41, 5.74) is 3.21. The van der Waals surface area contributed by atoms with E-state index in [1.165, 1.54) is 0 Å². The molecule has 0 unspecified atom stereocenters. The van der Waals surface area contributed by atoms with Crippen LogP contribution in [0.4, 0.5) is 5.82 Å². The first kappa shape index (κ1) is 23.6. The summed E-state index contributed by atoms with van der Waals surface area (Å²) in [5.74, 6) is 1.65. The molecule has 0 radical (unpaired) electrons. The van der Waals surface area contributed by atoms with Crippen LogP contribution < -0.4 is 4.90 Å². The van der Waals surface area contributed by atoms with Gasteiger partial charge in [0.05, 0.1) is 26.8 Å². The second-order valence-corrected chi connectivity index (χ2v) is 9.47. The first-order valence-corrected chi connectivity index (χ1v) is 12.5. The van der Waals surface area contributed by atoms with Crippen LogP contribution >= 0.6 is 23.2 Å². The molecule has 1 fully saturated rings. The van der Waals surface area contributed by atoms with Crippen LogP contribution in [0.2, 0.25) is 10.0 Å². The Kier molecular flexibility index (Phi) is 6.62. The highest BCUT2D eigenvalue weighted by molar-refractivity contribution is 6.42. The molecule has 0 atom stereocenters. The summed E-state index contributed by atoms with van der Waals surface area (Å²) in [6, 6.07) is 15.0. The average Bonchev–Trinajstić information content (AvgIpc) is 3.22. The van der Waals surface area contributed by atoms with Crippen molar-refractivity contribution < 1.29 is 4.79 Å². The van der Waals surface area contributed by atoms with Crippen LogP contribution in [0.15, 0.2) is 48.5 Å². The van der Waals surface area contributed by atoms with Crippen molar-refractivity contribution in [2.24, 2.45) is 0 Å². The van der Waals surface area contributed by atoms with Gasteiger partial charge in [-0.05, 0) is 43.7 Å². The molecule has 2 aromatic carbocycles. The van der Waals surface area contributed by atoms with Crippen LogP contribution in [0.25, 0.3) is 16.7 Å². The number of carbonyl (C=O) groups excluding carboxylic acids is 1. The maximum absolute atomic E-state index is 13.0. The number of hydrogen-bond acceptors (Lipinski definition) is 5. The normalized spacial score (nSPS) is 14.1. The number of hydrogen-bond donors (Lipinski definition) is 0. The Hall–Kier alpha value is -3.16. The summed E-state index contributed by atoms with van der Waals surface area (Å²) >= 11 is 12.1. The predicted molar refractivity (Wildman–Crippen MR) is 140 cm³/mol. The molecule has 0 N–H and O–H groups in total. The number of piperazine rings is 1. The van der Waals surface area contributed by atoms with Crippen molar-refractivity contribution in [3.05, 3.63) is 75.7 Å². The Labute approximate surface area is 214 Å². The molecule has 0 aliphatic carbocycles. The number of benzene rings is 2. The van der Waals surface area contributed by atoms with Gasteiger partial charge >= 0.3 is 0 Å². The van der Waals surface area contributed by atoms with E-state index in [1.807, 2.05) is 46.8 Å². The monoisotopic (exact) mass is 508 g/mol. The number of carbonyl (C=O) groups is 1. The van der Waals surface area contributed by atoms with Crippen molar-refractivity contribution in [2.75, 3.05) is 31.1 Å². The van der Waals surface area contributed by atoms with Crippen LogP contribution in [0, 0.1) is 6.92 Å². The number of fused-ring (bicyclic) bond motifs is 1. The minimum atomic E-state index is -0.0456. The van der Waals surface area contributed by atoms with E-state index in [9.17, 15) is 4.79 Å². The minimum absolute atomic E-state index is 0.0456. The summed E-state index contributed by atoms with van der Waals surface area (Å²) in [5, 5.41) is 6.59. The molecule has 1 amide bonds. The summed E-state index contributed by atoms with van der Waals surface area (Å²) in [4.78, 5) is 27.0. The molecule has 0 saturated carbocycles. The van der Waals surface area contributed by atoms with Crippen molar-refractivity contribution in [1.82, 2.24) is 24.6 Å². The smallest absolute Gasteiger partial charge is 0.254 e. The van der Waals surface area contributed by atoms with Crippen LogP contribution in [-0.2, 0) is 6.42 Å². The maximum atomic E-state index is 13.0. The van der Waals surface area contributed by atoms with Gasteiger partial charge in [-0.1, -0.05) is 48.3 Å². The lowest BCUT2D eigenvalue weighted by molar-refractivity contribution is 0.0746. The van der Waals surface area contributed by atoms with Gasteiger partial charge in [0.2, 0.25) is 0 Å². The SMILES string of the molecule is CCCc1nc(N2CCN(C(=O)c3ccc(Cl)c(Cl)c3)CC2)c2c(C)nn(-c3ccccc3)c2n1. The molecule has 4 aromatic rings. The third kappa shape index (κ3) is 4.58. The van der Waals surface area contributed by atoms with E-state index in [2.05, 4.69) is 11.8 Å². The Morgan fingerprint density at radius 1 is 0.971 bits per heavy atom. The van der Waals surface area contributed by atoms with E-state index in [0.29, 0.717) is 41.8 Å². The molecule has 3 heterocycles. The standard InChI is InChI=1S/C26H26Cl2N6O/c1-3-7-22-29-24(23-17(2)31-34(25(23)30-22)19-8-5-4-6-9-19)32-12-14-33(15-13-32)26(35)18-10-11-20(27)21(28)16-18/h4-6,8-11,16H,3,7,12-15H2,1-2H3. The first-order chi connectivity index (χ1) is 17.0. The maximum Gasteiger partial charge on any atom is 0.254 e. The van der Waals surface area contributed by atoms with Crippen LogP contribution in [0.5, 0.6) is 0 Å². The highest BCUT2D eigenvalue weighted by atomic mass is 35.5. The van der Waals surface area contributed by atoms with Crippen LogP contribution in [0.3, 0.4) is 0 Å². The van der Waals surface area contributed by atoms with Gasteiger partial charge in [0, 0.05) is 38.2 Å². The summed E-state index contributed by atoms with van der Waals surface area (Å²) in [7, 11) is 0. The second-order valence-electron chi connectivity index (χ2n) is 8.65. The van der Waals surface area contributed by atoms with E-state index in [0.717, 1.165) is 46.9 Å². The molecular weight excluding hydrogens is 483 g/mol. The Bertz CT molecular complexity index is 1380. The van der Waals surface area contributed by atoms with E-state index < -0.39 is 0 Å². The lowest BCUT2D eigenvalue weighted by Crippen LogP contribution is -2.49. The Balaban J connectivity index is 1.45. The van der Waals surface area contributed by atoms with E-state index >= 15 is 0 Å². The lowest BCUT2D eigenvalue weighted by atomic mass is 10.1. The average molecular weight is 509 g/mol. The van der Waals surface area contributed by atoms with Crippen molar-refractivity contribution in [3.63, 3.8) is 0 Å². The molecule has 1 aliphatic rings. The number of para-hydroxylation sites is 1. The number of anilines is 1. The van der Waals surface area contributed by atoms with E-state index in [1.54, 1.807) is 18.2 Å². The van der Waals surface area contributed by atoms with Gasteiger partial charge in [-0.2, -0.15) is 5.10 Å². The van der Waals surface area contributed by atoms with Crippen LogP contribution in [-0.4, -0.2) is 56.7 Å². The number of halogens is 2. The fourth-order valence-corrected chi connectivity index (χ4v) is 4.75. The zero-order valence-corrected chi connectivity index (χ0v) is 21.2. The Morgan fingerprint density at radius 2 is 1.71 bits per heavy atom. The lowest BCUT2D eigenvalue weighted by Gasteiger charge is -2.36. The molecule has 9 heteroatoms. The molecule has 0 spiro atoms. The minimum Gasteiger partial charge on any atom is -0.352 e. The zero-order valence-electron chi connectivity index (χ0n) is 19.7. The number of aryl methyl sites for hydroxylation is 2. The van der Waals surface area contributed by atoms with E-state index in [-0.39, 0.29) is 5.91 Å². The highest BCUT2D eigenvalue weighted by Gasteiger charge is 2.27. The molecule has 180 valence electrons. The molecule has 5 rings (SSSR count). The quantitative estimate of drug-likeness (QED) is 0.363. The summed E-state index contributed by atoms with van der Waals surface area (Å²) in [6.07, 6.45) is 1.74. The van der Waals surface area contributed by atoms with Crippen molar-refractivity contribution >= 4 is 46.0 Å². The number of rotatable bonds is 5. The van der Waals surface area contributed by atoms with Gasteiger partial charge in [0.1, 0.15) is 11.6 Å². The van der Waals surface area contributed by atoms with Gasteiger partial charge < -0.3 is 9.80 Å². The largest absolute Gasteiger partial charge is 0.352 e. The molecule has 1 aliphatic heterocycles.